The van der Waals surface area contributed by atoms with Crippen molar-refractivity contribution in [3.8, 4) is 17.0 Å². The van der Waals surface area contributed by atoms with Gasteiger partial charge in [0.25, 0.3) is 0 Å². The molecule has 114 valence electrons. The van der Waals surface area contributed by atoms with Crippen LogP contribution in [0.1, 0.15) is 0 Å². The van der Waals surface area contributed by atoms with Crippen LogP contribution in [0.25, 0.3) is 11.3 Å². The largest absolute Gasteiger partial charge is 0.507 e. The molecule has 1 fully saturated rings. The number of hydrogen-bond acceptors (Lipinski definition) is 4. The number of phenolic OH excluding ortho intramolecular Hbond substituents is 1. The predicted molar refractivity (Wildman–Crippen MR) is 83.1 cm³/mol. The summed E-state index contributed by atoms with van der Waals surface area (Å²) in [4.78, 5) is 19.0. The van der Waals surface area contributed by atoms with Gasteiger partial charge in [-0.1, -0.05) is 18.2 Å². The Hall–Kier alpha value is -2.76. The van der Waals surface area contributed by atoms with Gasteiger partial charge < -0.3 is 20.0 Å². The molecule has 0 spiro atoms. The van der Waals surface area contributed by atoms with Crippen molar-refractivity contribution >= 4 is 11.9 Å². The average Bonchev–Trinajstić information content (AvgIpc) is 2.55. The number of para-hydroxylation sites is 1. The molecule has 1 aliphatic heterocycles. The van der Waals surface area contributed by atoms with E-state index in [1.165, 1.54) is 4.90 Å². The topological polar surface area (TPSA) is 76.9 Å². The average molecular weight is 299 g/mol. The maximum atomic E-state index is 10.9. The van der Waals surface area contributed by atoms with E-state index in [9.17, 15) is 9.90 Å². The lowest BCUT2D eigenvalue weighted by Gasteiger charge is -2.34. The monoisotopic (exact) mass is 299 g/mol. The first-order chi connectivity index (χ1) is 10.6. The van der Waals surface area contributed by atoms with E-state index >= 15 is 0 Å². The number of hydrogen-bond donors (Lipinski definition) is 2. The molecule has 1 aliphatic rings. The molecular formula is C16H17N3O3. The van der Waals surface area contributed by atoms with Crippen molar-refractivity contribution in [2.75, 3.05) is 31.1 Å². The maximum absolute atomic E-state index is 10.9. The van der Waals surface area contributed by atoms with Crippen molar-refractivity contribution in [1.29, 1.82) is 0 Å². The third-order valence-corrected chi connectivity index (χ3v) is 3.79. The molecule has 0 aliphatic carbocycles. The number of amides is 1. The molecule has 0 radical (unpaired) electrons. The van der Waals surface area contributed by atoms with E-state index in [0.29, 0.717) is 37.4 Å². The Morgan fingerprint density at radius 3 is 2.41 bits per heavy atom. The lowest BCUT2D eigenvalue weighted by molar-refractivity contribution is 0.142. The molecule has 0 saturated carbocycles. The summed E-state index contributed by atoms with van der Waals surface area (Å²) in [7, 11) is 0. The van der Waals surface area contributed by atoms with E-state index in [-0.39, 0.29) is 5.75 Å². The van der Waals surface area contributed by atoms with E-state index in [0.717, 1.165) is 5.82 Å². The van der Waals surface area contributed by atoms with Gasteiger partial charge in [0.15, 0.2) is 0 Å². The fourth-order valence-electron chi connectivity index (χ4n) is 2.57. The number of aromatic hydroxyl groups is 1. The second kappa shape index (κ2) is 5.93. The Kier molecular flexibility index (Phi) is 3.82. The predicted octanol–water partition coefficient (Wildman–Crippen LogP) is 2.25. The second-order valence-electron chi connectivity index (χ2n) is 5.15. The maximum Gasteiger partial charge on any atom is 0.407 e. The molecule has 0 atom stereocenters. The number of anilines is 1. The summed E-state index contributed by atoms with van der Waals surface area (Å²) in [5, 5.41) is 18.9. The molecule has 1 amide bonds. The molecule has 0 bridgehead atoms. The van der Waals surface area contributed by atoms with Gasteiger partial charge in [0.2, 0.25) is 0 Å². The number of carbonyl (C=O) groups is 1. The van der Waals surface area contributed by atoms with Crippen molar-refractivity contribution in [1.82, 2.24) is 9.88 Å². The zero-order chi connectivity index (χ0) is 15.5. The fraction of sp³-hybridized carbons (Fsp3) is 0.250. The quantitative estimate of drug-likeness (QED) is 0.889. The Morgan fingerprint density at radius 1 is 1.00 bits per heavy atom. The van der Waals surface area contributed by atoms with Gasteiger partial charge in [-0.2, -0.15) is 0 Å². The summed E-state index contributed by atoms with van der Waals surface area (Å²) in [6.45, 7) is 2.17. The zero-order valence-electron chi connectivity index (χ0n) is 12.0. The summed E-state index contributed by atoms with van der Waals surface area (Å²) in [5.41, 5.74) is 1.39. The van der Waals surface area contributed by atoms with Crippen LogP contribution in [-0.4, -0.2) is 52.4 Å². The first-order valence-corrected chi connectivity index (χ1v) is 7.13. The second-order valence-corrected chi connectivity index (χ2v) is 5.15. The smallest absolute Gasteiger partial charge is 0.407 e. The van der Waals surface area contributed by atoms with E-state index in [1.807, 2.05) is 30.3 Å². The van der Waals surface area contributed by atoms with Crippen LogP contribution in [0.5, 0.6) is 5.75 Å². The van der Waals surface area contributed by atoms with Crippen molar-refractivity contribution in [3.63, 3.8) is 0 Å². The number of rotatable bonds is 2. The molecule has 1 aromatic carbocycles. The van der Waals surface area contributed by atoms with Gasteiger partial charge in [0, 0.05) is 31.7 Å². The van der Waals surface area contributed by atoms with Crippen LogP contribution in [0.15, 0.2) is 42.5 Å². The molecule has 3 rings (SSSR count). The highest BCUT2D eigenvalue weighted by atomic mass is 16.4. The van der Waals surface area contributed by atoms with Gasteiger partial charge in [0.1, 0.15) is 11.6 Å². The van der Waals surface area contributed by atoms with Crippen LogP contribution < -0.4 is 4.90 Å². The number of nitrogens with zero attached hydrogens (tertiary/aromatic N) is 3. The van der Waals surface area contributed by atoms with Crippen LogP contribution in [0.4, 0.5) is 10.6 Å². The Morgan fingerprint density at radius 2 is 1.73 bits per heavy atom. The van der Waals surface area contributed by atoms with E-state index in [1.54, 1.807) is 12.1 Å². The Bertz CT molecular complexity index is 682. The standard InChI is InChI=1S/C16H17N3O3/c20-14-6-2-1-4-12(14)13-5-3-7-15(17-13)18-8-10-19(11-9-18)16(21)22/h1-7,20H,8-11H2,(H,21,22). The minimum atomic E-state index is -0.879. The van der Waals surface area contributed by atoms with Gasteiger partial charge in [0.05, 0.1) is 5.69 Å². The highest BCUT2D eigenvalue weighted by Gasteiger charge is 2.21. The van der Waals surface area contributed by atoms with Gasteiger partial charge in [-0.15, -0.1) is 0 Å². The summed E-state index contributed by atoms with van der Waals surface area (Å²) >= 11 is 0. The van der Waals surface area contributed by atoms with E-state index in [4.69, 9.17) is 5.11 Å². The normalized spacial score (nSPS) is 14.9. The van der Waals surface area contributed by atoms with Crippen molar-refractivity contribution in [2.45, 2.75) is 0 Å². The number of benzene rings is 1. The van der Waals surface area contributed by atoms with Gasteiger partial charge in [-0.25, -0.2) is 9.78 Å². The van der Waals surface area contributed by atoms with Gasteiger partial charge in [-0.3, -0.25) is 0 Å². The molecule has 1 saturated heterocycles. The van der Waals surface area contributed by atoms with Crippen LogP contribution >= 0.6 is 0 Å². The van der Waals surface area contributed by atoms with Gasteiger partial charge in [-0.05, 0) is 24.3 Å². The number of pyridine rings is 1. The highest BCUT2D eigenvalue weighted by molar-refractivity contribution is 5.68. The SMILES string of the molecule is O=C(O)N1CCN(c2cccc(-c3ccccc3O)n2)CC1. The van der Waals surface area contributed by atoms with Crippen molar-refractivity contribution in [2.24, 2.45) is 0 Å². The van der Waals surface area contributed by atoms with Crippen molar-refractivity contribution in [3.05, 3.63) is 42.5 Å². The molecule has 2 heterocycles. The molecule has 22 heavy (non-hydrogen) atoms. The first kappa shape index (κ1) is 14.2. The summed E-state index contributed by atoms with van der Waals surface area (Å²) < 4.78 is 0. The zero-order valence-corrected chi connectivity index (χ0v) is 12.0. The number of aromatic nitrogens is 1. The number of phenols is 1. The van der Waals surface area contributed by atoms with Crippen LogP contribution in [0, 0.1) is 0 Å². The lowest BCUT2D eigenvalue weighted by atomic mass is 10.1. The summed E-state index contributed by atoms with van der Waals surface area (Å²) in [5.74, 6) is 0.994. The van der Waals surface area contributed by atoms with Crippen LogP contribution in [0.3, 0.4) is 0 Å². The van der Waals surface area contributed by atoms with Gasteiger partial charge >= 0.3 is 6.09 Å². The van der Waals surface area contributed by atoms with E-state index < -0.39 is 6.09 Å². The number of piperazine rings is 1. The summed E-state index contributed by atoms with van der Waals surface area (Å²) in [6, 6.07) is 12.7. The molecule has 2 aromatic rings. The van der Waals surface area contributed by atoms with E-state index in [2.05, 4.69) is 9.88 Å². The Balaban J connectivity index is 1.81. The molecule has 2 N–H and O–H groups in total. The van der Waals surface area contributed by atoms with Crippen LogP contribution in [0.2, 0.25) is 0 Å². The number of carboxylic acid groups (broad SMARTS) is 1. The highest BCUT2D eigenvalue weighted by Crippen LogP contribution is 2.28. The lowest BCUT2D eigenvalue weighted by Crippen LogP contribution is -2.48. The molecule has 6 heteroatoms. The third-order valence-electron chi connectivity index (χ3n) is 3.79. The van der Waals surface area contributed by atoms with Crippen LogP contribution in [-0.2, 0) is 0 Å². The summed E-state index contributed by atoms with van der Waals surface area (Å²) in [6.07, 6.45) is -0.879. The fourth-order valence-corrected chi connectivity index (χ4v) is 2.57. The van der Waals surface area contributed by atoms with Crippen molar-refractivity contribution < 1.29 is 15.0 Å². The minimum Gasteiger partial charge on any atom is -0.507 e. The third kappa shape index (κ3) is 2.81. The molecule has 1 aromatic heterocycles. The Labute approximate surface area is 128 Å². The molecular weight excluding hydrogens is 282 g/mol. The first-order valence-electron chi connectivity index (χ1n) is 7.13. The minimum absolute atomic E-state index is 0.197. The molecule has 0 unspecified atom stereocenters. The molecule has 6 nitrogen and oxygen atoms in total.